The van der Waals surface area contributed by atoms with Crippen LogP contribution in [0.5, 0.6) is 5.75 Å². The molecule has 0 aliphatic heterocycles. The number of rotatable bonds is 5. The number of hydrogen-bond donors (Lipinski definition) is 1. The molecule has 1 N–H and O–H groups in total. The van der Waals surface area contributed by atoms with E-state index < -0.39 is 17.8 Å². The van der Waals surface area contributed by atoms with Gasteiger partial charge in [-0.3, -0.25) is 5.32 Å². The van der Waals surface area contributed by atoms with Gasteiger partial charge < -0.3 is 4.74 Å². The largest absolute Gasteiger partial charge is 0.496 e. The number of alkyl halides is 3. The normalized spacial score (nSPS) is 16.4. The molecule has 0 amide bonds. The summed E-state index contributed by atoms with van der Waals surface area (Å²) in [5, 5.41) is 3.35. The second-order valence-electron chi connectivity index (χ2n) is 6.92. The molecule has 4 rings (SSSR count). The highest BCUT2D eigenvalue weighted by atomic mass is 19.4. The summed E-state index contributed by atoms with van der Waals surface area (Å²) in [5.41, 5.74) is 2.96. The van der Waals surface area contributed by atoms with Gasteiger partial charge in [0, 0.05) is 11.6 Å². The molecule has 0 spiro atoms. The van der Waals surface area contributed by atoms with Crippen molar-refractivity contribution in [2.75, 3.05) is 7.11 Å². The third-order valence-corrected chi connectivity index (χ3v) is 5.17. The predicted octanol–water partition coefficient (Wildman–Crippen LogP) is 6.13. The smallest absolute Gasteiger partial charge is 0.416 e. The maximum Gasteiger partial charge on any atom is 0.416 e. The Kier molecular flexibility index (Phi) is 4.63. The van der Waals surface area contributed by atoms with Crippen molar-refractivity contribution in [1.29, 1.82) is 0 Å². The van der Waals surface area contributed by atoms with Gasteiger partial charge >= 0.3 is 6.18 Å². The van der Waals surface area contributed by atoms with E-state index in [0.717, 1.165) is 22.8 Å². The van der Waals surface area contributed by atoms with E-state index in [0.29, 0.717) is 11.1 Å². The fourth-order valence-electron chi connectivity index (χ4n) is 3.77. The summed E-state index contributed by atoms with van der Waals surface area (Å²) in [5.74, 6) is 0.244. The molecule has 28 heavy (non-hydrogen) atoms. The SMILES string of the molecule is COc1cc(C(F)(F)F)c2c(c1-c1ccccc1)C2NC(C)c1ccccc1. The van der Waals surface area contributed by atoms with E-state index in [9.17, 15) is 13.2 Å². The number of methoxy groups -OCH3 is 1. The van der Waals surface area contributed by atoms with Crippen LogP contribution < -0.4 is 10.1 Å². The molecule has 2 atom stereocenters. The van der Waals surface area contributed by atoms with Crippen LogP contribution in [-0.4, -0.2) is 7.11 Å². The molecule has 144 valence electrons. The molecule has 0 aromatic heterocycles. The Hall–Kier alpha value is -2.79. The Balaban J connectivity index is 1.78. The van der Waals surface area contributed by atoms with Crippen LogP contribution in [0, 0.1) is 0 Å². The molecular formula is C23H20F3NO. The summed E-state index contributed by atoms with van der Waals surface area (Å²) in [4.78, 5) is 0. The highest BCUT2D eigenvalue weighted by molar-refractivity contribution is 5.83. The molecule has 0 heterocycles. The summed E-state index contributed by atoms with van der Waals surface area (Å²) in [6, 6.07) is 19.7. The average molecular weight is 383 g/mol. The standard InChI is InChI=1S/C23H20F3NO/c1-14(15-9-5-3-6-10-15)27-22-20-17(23(24,25)26)13-18(28-2)19(21(20)22)16-11-7-4-8-12-16/h3-14,22,27H,1-2H3. The van der Waals surface area contributed by atoms with Gasteiger partial charge in [0.1, 0.15) is 5.75 Å². The minimum absolute atomic E-state index is 0.0886. The zero-order valence-corrected chi connectivity index (χ0v) is 15.5. The Morgan fingerprint density at radius 2 is 1.54 bits per heavy atom. The van der Waals surface area contributed by atoms with E-state index in [1.807, 2.05) is 67.6 Å². The first-order valence-corrected chi connectivity index (χ1v) is 9.10. The molecule has 3 aromatic rings. The maximum absolute atomic E-state index is 13.7. The third-order valence-electron chi connectivity index (χ3n) is 5.17. The van der Waals surface area contributed by atoms with Gasteiger partial charge in [-0.25, -0.2) is 0 Å². The topological polar surface area (TPSA) is 21.3 Å². The lowest BCUT2D eigenvalue weighted by molar-refractivity contribution is -0.137. The second-order valence-corrected chi connectivity index (χ2v) is 6.92. The van der Waals surface area contributed by atoms with Crippen molar-refractivity contribution in [2.24, 2.45) is 0 Å². The fraction of sp³-hybridized carbons (Fsp3) is 0.217. The molecule has 0 saturated heterocycles. The molecule has 1 aliphatic rings. The summed E-state index contributed by atoms with van der Waals surface area (Å²) >= 11 is 0. The Morgan fingerprint density at radius 1 is 0.929 bits per heavy atom. The van der Waals surface area contributed by atoms with Crippen LogP contribution in [0.3, 0.4) is 0 Å². The lowest BCUT2D eigenvalue weighted by Gasteiger charge is -2.14. The third kappa shape index (κ3) is 3.27. The fourth-order valence-corrected chi connectivity index (χ4v) is 3.77. The summed E-state index contributed by atoms with van der Waals surface area (Å²) < 4.78 is 46.4. The molecule has 3 aromatic carbocycles. The first-order valence-electron chi connectivity index (χ1n) is 9.10. The molecule has 5 heteroatoms. The number of nitrogens with one attached hydrogen (secondary N) is 1. The van der Waals surface area contributed by atoms with Crippen molar-refractivity contribution in [1.82, 2.24) is 5.32 Å². The number of halogens is 3. The van der Waals surface area contributed by atoms with Crippen LogP contribution in [0.1, 0.15) is 41.3 Å². The van der Waals surface area contributed by atoms with Gasteiger partial charge in [0.05, 0.1) is 18.7 Å². The first-order chi connectivity index (χ1) is 13.4. The molecule has 1 aliphatic carbocycles. The van der Waals surface area contributed by atoms with Crippen LogP contribution in [0.25, 0.3) is 11.1 Å². The van der Waals surface area contributed by atoms with E-state index >= 15 is 0 Å². The average Bonchev–Trinajstić information content (AvgIpc) is 3.40. The number of ether oxygens (including phenoxy) is 1. The molecule has 0 saturated carbocycles. The van der Waals surface area contributed by atoms with Crippen LogP contribution >= 0.6 is 0 Å². The Labute approximate surface area is 162 Å². The van der Waals surface area contributed by atoms with Gasteiger partial charge in [-0.2, -0.15) is 13.2 Å². The van der Waals surface area contributed by atoms with Gasteiger partial charge in [-0.05, 0) is 35.2 Å². The zero-order chi connectivity index (χ0) is 19.9. The van der Waals surface area contributed by atoms with E-state index in [4.69, 9.17) is 4.74 Å². The number of hydrogen-bond acceptors (Lipinski definition) is 2. The second kappa shape index (κ2) is 6.99. The van der Waals surface area contributed by atoms with Crippen molar-refractivity contribution >= 4 is 0 Å². The highest BCUT2D eigenvalue weighted by Crippen LogP contribution is 2.57. The van der Waals surface area contributed by atoms with Gasteiger partial charge in [0.2, 0.25) is 0 Å². The zero-order valence-electron chi connectivity index (χ0n) is 15.5. The summed E-state index contributed by atoms with van der Waals surface area (Å²) in [7, 11) is 1.41. The summed E-state index contributed by atoms with van der Waals surface area (Å²) in [6.07, 6.45) is -4.43. The van der Waals surface area contributed by atoms with Crippen LogP contribution in [-0.2, 0) is 6.18 Å². The van der Waals surface area contributed by atoms with E-state index in [1.54, 1.807) is 0 Å². The van der Waals surface area contributed by atoms with E-state index in [-0.39, 0.29) is 11.8 Å². The van der Waals surface area contributed by atoms with Gasteiger partial charge in [0.25, 0.3) is 0 Å². The molecular weight excluding hydrogens is 363 g/mol. The molecule has 2 unspecified atom stereocenters. The van der Waals surface area contributed by atoms with Crippen molar-refractivity contribution < 1.29 is 17.9 Å². The minimum atomic E-state index is -4.43. The molecule has 0 fully saturated rings. The lowest BCUT2D eigenvalue weighted by Crippen LogP contribution is -2.17. The van der Waals surface area contributed by atoms with E-state index in [1.165, 1.54) is 7.11 Å². The number of fused-ring (bicyclic) bond motifs is 1. The van der Waals surface area contributed by atoms with Crippen LogP contribution in [0.2, 0.25) is 0 Å². The molecule has 0 radical (unpaired) electrons. The van der Waals surface area contributed by atoms with Gasteiger partial charge in [-0.15, -0.1) is 0 Å². The van der Waals surface area contributed by atoms with Crippen molar-refractivity contribution in [3.63, 3.8) is 0 Å². The van der Waals surface area contributed by atoms with Crippen molar-refractivity contribution in [3.05, 3.63) is 89.0 Å². The Bertz CT molecular complexity index is 984. The predicted molar refractivity (Wildman–Crippen MR) is 103 cm³/mol. The van der Waals surface area contributed by atoms with Gasteiger partial charge in [0.15, 0.2) is 0 Å². The Morgan fingerprint density at radius 3 is 2.11 bits per heavy atom. The quantitative estimate of drug-likeness (QED) is 0.572. The maximum atomic E-state index is 13.7. The van der Waals surface area contributed by atoms with E-state index in [2.05, 4.69) is 5.32 Å². The van der Waals surface area contributed by atoms with Gasteiger partial charge in [-0.1, -0.05) is 60.7 Å². The first kappa shape index (κ1) is 18.6. The van der Waals surface area contributed by atoms with Crippen molar-refractivity contribution in [3.8, 4) is 16.9 Å². The van der Waals surface area contributed by atoms with Crippen LogP contribution in [0.4, 0.5) is 13.2 Å². The summed E-state index contributed by atoms with van der Waals surface area (Å²) in [6.45, 7) is 1.96. The molecule has 0 bridgehead atoms. The lowest BCUT2D eigenvalue weighted by atomic mass is 10.0. The van der Waals surface area contributed by atoms with Crippen LogP contribution in [0.15, 0.2) is 66.7 Å². The molecule has 2 nitrogen and oxygen atoms in total. The highest BCUT2D eigenvalue weighted by Gasteiger charge is 2.48. The minimum Gasteiger partial charge on any atom is -0.496 e. The van der Waals surface area contributed by atoms with Crippen molar-refractivity contribution in [2.45, 2.75) is 25.2 Å². The number of benzene rings is 3. The monoisotopic (exact) mass is 383 g/mol.